The van der Waals surface area contributed by atoms with Crippen molar-refractivity contribution in [3.63, 3.8) is 0 Å². The molecule has 4 nitrogen and oxygen atoms in total. The highest BCUT2D eigenvalue weighted by atomic mass is 79.9. The Morgan fingerprint density at radius 2 is 2.21 bits per heavy atom. The first kappa shape index (κ1) is 11.9. The van der Waals surface area contributed by atoms with Gasteiger partial charge in [0.15, 0.2) is 0 Å². The highest BCUT2D eigenvalue weighted by Crippen LogP contribution is 2.32. The van der Waals surface area contributed by atoms with Crippen LogP contribution >= 0.6 is 15.9 Å². The van der Waals surface area contributed by atoms with Gasteiger partial charge in [-0.25, -0.2) is 9.83 Å². The normalized spacial score (nSPS) is 10.6. The SMILES string of the molecule is [C-]#[N+]c1cc2c(cc1Br)nc(-c1cccnc1)n2C. The van der Waals surface area contributed by atoms with Crippen LogP contribution in [0.3, 0.4) is 0 Å². The molecule has 0 saturated heterocycles. The Morgan fingerprint density at radius 1 is 1.37 bits per heavy atom. The van der Waals surface area contributed by atoms with Gasteiger partial charge in [0.05, 0.1) is 17.6 Å². The van der Waals surface area contributed by atoms with Crippen molar-refractivity contribution >= 4 is 32.7 Å². The van der Waals surface area contributed by atoms with E-state index in [2.05, 4.69) is 30.7 Å². The van der Waals surface area contributed by atoms with Crippen LogP contribution in [-0.2, 0) is 7.05 Å². The molecule has 92 valence electrons. The predicted molar refractivity (Wildman–Crippen MR) is 77.9 cm³/mol. The molecule has 0 bridgehead atoms. The fourth-order valence-electron chi connectivity index (χ4n) is 2.04. The minimum atomic E-state index is 0.591. The number of hydrogen-bond donors (Lipinski definition) is 0. The van der Waals surface area contributed by atoms with Crippen molar-refractivity contribution in [3.05, 3.63) is 52.5 Å². The second kappa shape index (κ2) is 4.48. The number of aromatic nitrogens is 3. The smallest absolute Gasteiger partial charge is 0.203 e. The van der Waals surface area contributed by atoms with Crippen LogP contribution in [0, 0.1) is 6.57 Å². The molecule has 3 rings (SSSR count). The average Bonchev–Trinajstić information content (AvgIpc) is 2.75. The van der Waals surface area contributed by atoms with E-state index in [0.717, 1.165) is 26.9 Å². The quantitative estimate of drug-likeness (QED) is 0.638. The summed E-state index contributed by atoms with van der Waals surface area (Å²) in [6, 6.07) is 7.58. The maximum absolute atomic E-state index is 7.16. The van der Waals surface area contributed by atoms with E-state index in [0.29, 0.717) is 5.69 Å². The molecular weight excluding hydrogens is 304 g/mol. The lowest BCUT2D eigenvalue weighted by atomic mass is 10.3. The van der Waals surface area contributed by atoms with Gasteiger partial charge in [-0.3, -0.25) is 4.98 Å². The third kappa shape index (κ3) is 1.90. The zero-order valence-corrected chi connectivity index (χ0v) is 11.7. The largest absolute Gasteiger partial charge is 0.328 e. The molecule has 0 aliphatic carbocycles. The van der Waals surface area contributed by atoms with Crippen LogP contribution in [0.15, 0.2) is 41.1 Å². The Labute approximate surface area is 118 Å². The first-order chi connectivity index (χ1) is 9.20. The van der Waals surface area contributed by atoms with Crippen LogP contribution in [0.2, 0.25) is 0 Å². The molecule has 2 aromatic heterocycles. The van der Waals surface area contributed by atoms with Gasteiger partial charge in [-0.1, -0.05) is 15.9 Å². The molecule has 5 heteroatoms. The molecular formula is C14H9BrN4. The topological polar surface area (TPSA) is 35.1 Å². The van der Waals surface area contributed by atoms with E-state index in [4.69, 9.17) is 6.57 Å². The highest BCUT2D eigenvalue weighted by molar-refractivity contribution is 9.10. The number of hydrogen-bond acceptors (Lipinski definition) is 2. The second-order valence-electron chi connectivity index (χ2n) is 4.14. The second-order valence-corrected chi connectivity index (χ2v) is 4.99. The lowest BCUT2D eigenvalue weighted by molar-refractivity contribution is 0.958. The van der Waals surface area contributed by atoms with Crippen molar-refractivity contribution in [2.45, 2.75) is 0 Å². The van der Waals surface area contributed by atoms with Gasteiger partial charge in [-0.15, -0.1) is 0 Å². The number of benzene rings is 1. The van der Waals surface area contributed by atoms with Crippen molar-refractivity contribution in [1.82, 2.24) is 14.5 Å². The summed E-state index contributed by atoms with van der Waals surface area (Å²) >= 11 is 3.39. The monoisotopic (exact) mass is 312 g/mol. The summed E-state index contributed by atoms with van der Waals surface area (Å²) in [6.45, 7) is 7.16. The molecule has 0 atom stereocenters. The maximum atomic E-state index is 7.16. The van der Waals surface area contributed by atoms with E-state index in [-0.39, 0.29) is 0 Å². The highest BCUT2D eigenvalue weighted by Gasteiger charge is 2.12. The molecule has 0 N–H and O–H groups in total. The molecule has 0 saturated carbocycles. The average molecular weight is 313 g/mol. The Bertz CT molecular complexity index is 800. The van der Waals surface area contributed by atoms with Crippen LogP contribution < -0.4 is 0 Å². The summed E-state index contributed by atoms with van der Waals surface area (Å²) in [4.78, 5) is 12.2. The number of pyridine rings is 1. The third-order valence-corrected chi connectivity index (χ3v) is 3.62. The van der Waals surface area contributed by atoms with E-state index in [1.165, 1.54) is 0 Å². The van der Waals surface area contributed by atoms with E-state index in [9.17, 15) is 0 Å². The van der Waals surface area contributed by atoms with Gasteiger partial charge >= 0.3 is 0 Å². The standard InChI is InChI=1S/C14H9BrN4/c1-16-11-7-13-12(6-10(11)15)18-14(19(13)2)9-4-3-5-17-8-9/h3-8H,2H3. The lowest BCUT2D eigenvalue weighted by Crippen LogP contribution is -1.92. The molecule has 2 heterocycles. The van der Waals surface area contributed by atoms with Crippen LogP contribution in [0.5, 0.6) is 0 Å². The van der Waals surface area contributed by atoms with Crippen molar-refractivity contribution in [1.29, 1.82) is 0 Å². The predicted octanol–water partition coefficient (Wildman–Crippen LogP) is 3.95. The number of fused-ring (bicyclic) bond motifs is 1. The van der Waals surface area contributed by atoms with E-state index < -0.39 is 0 Å². The summed E-state index contributed by atoms with van der Waals surface area (Å²) in [5, 5.41) is 0. The summed E-state index contributed by atoms with van der Waals surface area (Å²) in [5.41, 5.74) is 3.35. The number of rotatable bonds is 1. The number of halogens is 1. The molecule has 3 aromatic rings. The van der Waals surface area contributed by atoms with Gasteiger partial charge in [0, 0.05) is 29.5 Å². The Morgan fingerprint density at radius 3 is 2.89 bits per heavy atom. The molecule has 19 heavy (non-hydrogen) atoms. The van der Waals surface area contributed by atoms with Crippen LogP contribution in [0.1, 0.15) is 0 Å². The van der Waals surface area contributed by atoms with E-state index in [1.54, 1.807) is 12.4 Å². The molecule has 0 fully saturated rings. The summed E-state index contributed by atoms with van der Waals surface area (Å²) in [6.07, 6.45) is 3.52. The van der Waals surface area contributed by atoms with Gasteiger partial charge in [0.1, 0.15) is 5.82 Å². The maximum Gasteiger partial charge on any atom is 0.203 e. The molecule has 0 radical (unpaired) electrons. The first-order valence-electron chi connectivity index (χ1n) is 5.64. The van der Waals surface area contributed by atoms with Crippen molar-refractivity contribution in [2.24, 2.45) is 7.05 Å². The Balaban J connectivity index is 2.30. The van der Waals surface area contributed by atoms with Crippen LogP contribution in [-0.4, -0.2) is 14.5 Å². The van der Waals surface area contributed by atoms with E-state index >= 15 is 0 Å². The van der Waals surface area contributed by atoms with Gasteiger partial charge in [-0.05, 0) is 24.3 Å². The molecule has 0 amide bonds. The van der Waals surface area contributed by atoms with Crippen LogP contribution in [0.25, 0.3) is 27.3 Å². The Hall–Kier alpha value is -2.19. The lowest BCUT2D eigenvalue weighted by Gasteiger charge is -2.02. The summed E-state index contributed by atoms with van der Waals surface area (Å²) < 4.78 is 2.75. The molecule has 0 aliphatic heterocycles. The molecule has 1 aromatic carbocycles. The number of aryl methyl sites for hydroxylation is 1. The van der Waals surface area contributed by atoms with Crippen molar-refractivity contribution < 1.29 is 0 Å². The van der Waals surface area contributed by atoms with Crippen molar-refractivity contribution in [3.8, 4) is 11.4 Å². The summed E-state index contributed by atoms with van der Waals surface area (Å²) in [5.74, 6) is 0.845. The van der Waals surface area contributed by atoms with E-state index in [1.807, 2.05) is 35.9 Å². The molecule has 0 unspecified atom stereocenters. The fourth-order valence-corrected chi connectivity index (χ4v) is 2.46. The van der Waals surface area contributed by atoms with Crippen molar-refractivity contribution in [2.75, 3.05) is 0 Å². The minimum absolute atomic E-state index is 0.591. The first-order valence-corrected chi connectivity index (χ1v) is 6.44. The van der Waals surface area contributed by atoms with Gasteiger partial charge < -0.3 is 4.57 Å². The summed E-state index contributed by atoms with van der Waals surface area (Å²) in [7, 11) is 1.94. The molecule has 0 spiro atoms. The fraction of sp³-hybridized carbons (Fsp3) is 0.0714. The zero-order chi connectivity index (χ0) is 13.4. The Kier molecular flexibility index (Phi) is 2.80. The zero-order valence-electron chi connectivity index (χ0n) is 10.1. The van der Waals surface area contributed by atoms with Gasteiger partial charge in [0.2, 0.25) is 5.69 Å². The van der Waals surface area contributed by atoms with Crippen LogP contribution in [0.4, 0.5) is 5.69 Å². The number of nitrogens with zero attached hydrogens (tertiary/aromatic N) is 4. The number of imidazole rings is 1. The third-order valence-electron chi connectivity index (χ3n) is 2.99. The molecule has 0 aliphatic rings. The van der Waals surface area contributed by atoms with Gasteiger partial charge in [0.25, 0.3) is 0 Å². The van der Waals surface area contributed by atoms with Gasteiger partial charge in [-0.2, -0.15) is 0 Å². The minimum Gasteiger partial charge on any atom is -0.328 e.